The second-order valence-corrected chi connectivity index (χ2v) is 5.46. The third-order valence-corrected chi connectivity index (χ3v) is 3.85. The van der Waals surface area contributed by atoms with Crippen molar-refractivity contribution in [3.8, 4) is 17.0 Å². The van der Waals surface area contributed by atoms with E-state index < -0.39 is 0 Å². The Morgan fingerprint density at radius 1 is 1.14 bits per heavy atom. The van der Waals surface area contributed by atoms with Crippen molar-refractivity contribution in [3.05, 3.63) is 53.9 Å². The normalized spacial score (nSPS) is 11.0. The van der Waals surface area contributed by atoms with Gasteiger partial charge in [0, 0.05) is 11.8 Å². The number of fused-ring (bicyclic) bond motifs is 1. The molecule has 0 aliphatic rings. The predicted octanol–water partition coefficient (Wildman–Crippen LogP) is 3.21. The number of nitrogens with zero attached hydrogens (tertiary/aromatic N) is 2. The number of aromatic nitrogens is 2. The maximum absolute atomic E-state index is 5.70. The fourth-order valence-electron chi connectivity index (χ4n) is 2.69. The summed E-state index contributed by atoms with van der Waals surface area (Å²) in [5.74, 6) is 0.854. The summed E-state index contributed by atoms with van der Waals surface area (Å²) in [5.41, 5.74) is 11.2. The Balaban J connectivity index is 2.13. The van der Waals surface area contributed by atoms with E-state index in [0.717, 1.165) is 35.5 Å². The third kappa shape index (κ3) is 2.70. The minimum absolute atomic E-state index is 0.682. The van der Waals surface area contributed by atoms with Crippen LogP contribution < -0.4 is 10.5 Å². The van der Waals surface area contributed by atoms with Crippen molar-refractivity contribution in [1.29, 1.82) is 0 Å². The quantitative estimate of drug-likeness (QED) is 0.786. The topological polar surface area (TPSA) is 52.5 Å². The van der Waals surface area contributed by atoms with Crippen LogP contribution in [0.3, 0.4) is 0 Å². The standard InChI is InChI=1S/C18H21N3O/c1-13-5-10-17-20-18(14-6-8-15(22-2)9-7-14)16(4-3-11-19)21(17)12-13/h5-10,12H,3-4,11,19H2,1-2H3. The molecule has 22 heavy (non-hydrogen) atoms. The number of pyridine rings is 1. The first kappa shape index (κ1) is 14.6. The van der Waals surface area contributed by atoms with Crippen LogP contribution >= 0.6 is 0 Å². The first-order chi connectivity index (χ1) is 10.7. The van der Waals surface area contributed by atoms with E-state index in [0.29, 0.717) is 6.54 Å². The Morgan fingerprint density at radius 2 is 1.91 bits per heavy atom. The zero-order valence-electron chi connectivity index (χ0n) is 13.0. The molecule has 0 spiro atoms. The van der Waals surface area contributed by atoms with Gasteiger partial charge in [0.15, 0.2) is 0 Å². The average Bonchev–Trinajstić information content (AvgIpc) is 2.90. The van der Waals surface area contributed by atoms with E-state index in [4.69, 9.17) is 15.5 Å². The van der Waals surface area contributed by atoms with E-state index in [-0.39, 0.29) is 0 Å². The van der Waals surface area contributed by atoms with E-state index in [1.54, 1.807) is 7.11 Å². The molecule has 2 aromatic heterocycles. The molecular formula is C18H21N3O. The lowest BCUT2D eigenvalue weighted by Gasteiger charge is -2.06. The molecule has 0 amide bonds. The summed E-state index contributed by atoms with van der Waals surface area (Å²) in [6, 6.07) is 12.2. The Hall–Kier alpha value is -2.33. The number of imidazole rings is 1. The molecule has 1 aromatic carbocycles. The number of hydrogen-bond donors (Lipinski definition) is 1. The van der Waals surface area contributed by atoms with Crippen molar-refractivity contribution < 1.29 is 4.74 Å². The smallest absolute Gasteiger partial charge is 0.137 e. The first-order valence-electron chi connectivity index (χ1n) is 7.55. The molecule has 2 N–H and O–H groups in total. The number of hydrogen-bond acceptors (Lipinski definition) is 3. The maximum Gasteiger partial charge on any atom is 0.137 e. The lowest BCUT2D eigenvalue weighted by molar-refractivity contribution is 0.415. The van der Waals surface area contributed by atoms with Gasteiger partial charge in [-0.1, -0.05) is 6.07 Å². The molecule has 0 bridgehead atoms. The van der Waals surface area contributed by atoms with E-state index in [9.17, 15) is 0 Å². The number of methoxy groups -OCH3 is 1. The molecule has 4 nitrogen and oxygen atoms in total. The van der Waals surface area contributed by atoms with Crippen molar-refractivity contribution in [3.63, 3.8) is 0 Å². The molecule has 0 atom stereocenters. The zero-order valence-corrected chi connectivity index (χ0v) is 13.0. The Bertz CT molecular complexity index is 775. The van der Waals surface area contributed by atoms with Crippen molar-refractivity contribution in [2.24, 2.45) is 5.73 Å². The lowest BCUT2D eigenvalue weighted by Crippen LogP contribution is -2.03. The van der Waals surface area contributed by atoms with Crippen molar-refractivity contribution in [2.45, 2.75) is 19.8 Å². The molecule has 0 saturated heterocycles. The Kier molecular flexibility index (Phi) is 4.11. The van der Waals surface area contributed by atoms with Gasteiger partial charge in [0.25, 0.3) is 0 Å². The van der Waals surface area contributed by atoms with Gasteiger partial charge in [0.1, 0.15) is 11.4 Å². The van der Waals surface area contributed by atoms with Gasteiger partial charge in [-0.3, -0.25) is 0 Å². The molecule has 2 heterocycles. The lowest BCUT2D eigenvalue weighted by atomic mass is 10.1. The third-order valence-electron chi connectivity index (χ3n) is 3.85. The summed E-state index contributed by atoms with van der Waals surface area (Å²) >= 11 is 0. The predicted molar refractivity (Wildman–Crippen MR) is 89.3 cm³/mol. The summed E-state index contributed by atoms with van der Waals surface area (Å²) in [6.07, 6.45) is 4.01. The summed E-state index contributed by atoms with van der Waals surface area (Å²) in [6.45, 7) is 2.78. The van der Waals surface area contributed by atoms with Gasteiger partial charge in [-0.2, -0.15) is 0 Å². The second-order valence-electron chi connectivity index (χ2n) is 5.46. The molecule has 0 saturated carbocycles. The first-order valence-corrected chi connectivity index (χ1v) is 7.55. The summed E-state index contributed by atoms with van der Waals surface area (Å²) in [4.78, 5) is 4.81. The number of aryl methyl sites for hydroxylation is 2. The summed E-state index contributed by atoms with van der Waals surface area (Å²) in [7, 11) is 1.68. The molecular weight excluding hydrogens is 274 g/mol. The minimum Gasteiger partial charge on any atom is -0.497 e. The van der Waals surface area contributed by atoms with E-state index in [1.165, 1.54) is 11.3 Å². The molecule has 0 fully saturated rings. The Labute approximate surface area is 130 Å². The molecule has 114 valence electrons. The van der Waals surface area contributed by atoms with Gasteiger partial charge in [-0.05, 0) is 62.2 Å². The van der Waals surface area contributed by atoms with Gasteiger partial charge >= 0.3 is 0 Å². The largest absolute Gasteiger partial charge is 0.497 e. The number of nitrogens with two attached hydrogens (primary N) is 1. The molecule has 0 unspecified atom stereocenters. The molecule has 0 radical (unpaired) electrons. The van der Waals surface area contributed by atoms with Crippen LogP contribution in [0.5, 0.6) is 5.75 Å². The van der Waals surface area contributed by atoms with Crippen LogP contribution in [-0.2, 0) is 6.42 Å². The van der Waals surface area contributed by atoms with Crippen LogP contribution in [0, 0.1) is 6.92 Å². The number of rotatable bonds is 5. The van der Waals surface area contributed by atoms with Gasteiger partial charge in [0.2, 0.25) is 0 Å². The molecule has 3 rings (SSSR count). The average molecular weight is 295 g/mol. The van der Waals surface area contributed by atoms with Crippen molar-refractivity contribution in [2.75, 3.05) is 13.7 Å². The fraction of sp³-hybridized carbons (Fsp3) is 0.278. The van der Waals surface area contributed by atoms with E-state index in [2.05, 4.69) is 41.8 Å². The van der Waals surface area contributed by atoms with Crippen LogP contribution in [0.15, 0.2) is 42.6 Å². The fourth-order valence-corrected chi connectivity index (χ4v) is 2.69. The van der Waals surface area contributed by atoms with Crippen LogP contribution in [-0.4, -0.2) is 23.0 Å². The summed E-state index contributed by atoms with van der Waals surface area (Å²) < 4.78 is 7.42. The second kappa shape index (κ2) is 6.20. The highest BCUT2D eigenvalue weighted by Gasteiger charge is 2.13. The molecule has 0 aliphatic carbocycles. The highest BCUT2D eigenvalue weighted by atomic mass is 16.5. The SMILES string of the molecule is COc1ccc(-c2nc3ccc(C)cn3c2CCCN)cc1. The van der Waals surface area contributed by atoms with Crippen molar-refractivity contribution >= 4 is 5.65 Å². The van der Waals surface area contributed by atoms with Crippen LogP contribution in [0.1, 0.15) is 17.7 Å². The molecule has 3 aromatic rings. The Morgan fingerprint density at radius 3 is 2.59 bits per heavy atom. The van der Waals surface area contributed by atoms with Crippen LogP contribution in [0.25, 0.3) is 16.9 Å². The highest BCUT2D eigenvalue weighted by Crippen LogP contribution is 2.27. The van der Waals surface area contributed by atoms with Gasteiger partial charge < -0.3 is 14.9 Å². The van der Waals surface area contributed by atoms with Crippen LogP contribution in [0.4, 0.5) is 0 Å². The van der Waals surface area contributed by atoms with Crippen LogP contribution in [0.2, 0.25) is 0 Å². The highest BCUT2D eigenvalue weighted by molar-refractivity contribution is 5.67. The maximum atomic E-state index is 5.70. The van der Waals surface area contributed by atoms with E-state index >= 15 is 0 Å². The minimum atomic E-state index is 0.682. The monoisotopic (exact) mass is 295 g/mol. The molecule has 4 heteroatoms. The zero-order chi connectivity index (χ0) is 15.5. The van der Waals surface area contributed by atoms with Gasteiger partial charge in [-0.25, -0.2) is 4.98 Å². The molecule has 0 aliphatic heterocycles. The number of benzene rings is 1. The van der Waals surface area contributed by atoms with E-state index in [1.807, 2.05) is 12.1 Å². The summed E-state index contributed by atoms with van der Waals surface area (Å²) in [5, 5.41) is 0. The van der Waals surface area contributed by atoms with Gasteiger partial charge in [-0.15, -0.1) is 0 Å². The van der Waals surface area contributed by atoms with Gasteiger partial charge in [0.05, 0.1) is 18.5 Å². The number of ether oxygens (including phenoxy) is 1. The van der Waals surface area contributed by atoms with Crippen molar-refractivity contribution in [1.82, 2.24) is 9.38 Å².